The van der Waals surface area contributed by atoms with Crippen molar-refractivity contribution >= 4 is 23.2 Å². The van der Waals surface area contributed by atoms with Crippen LogP contribution in [-0.4, -0.2) is 37.1 Å². The number of thioether (sulfide) groups is 1. The van der Waals surface area contributed by atoms with Gasteiger partial charge in [-0.25, -0.2) is 19.3 Å². The van der Waals surface area contributed by atoms with Crippen molar-refractivity contribution in [2.24, 2.45) is 0 Å². The van der Waals surface area contributed by atoms with Gasteiger partial charge in [-0.05, 0) is 31.8 Å². The van der Waals surface area contributed by atoms with Gasteiger partial charge in [0, 0.05) is 12.1 Å². The summed E-state index contributed by atoms with van der Waals surface area (Å²) < 4.78 is 1.46. The minimum atomic E-state index is -0.251. The standard InChI is InChI=1S/C12H19N5OS/c1-4-19-6-5-8(2)13-10-7-11-15-16-12(18)17(11)9(3)14-10/h7-8,13H,4-6H2,1-3H3,(H,16,18). The highest BCUT2D eigenvalue weighted by Crippen LogP contribution is 2.12. The predicted octanol–water partition coefficient (Wildman–Crippen LogP) is 1.67. The second-order valence-electron chi connectivity index (χ2n) is 4.44. The van der Waals surface area contributed by atoms with Crippen LogP contribution in [0.1, 0.15) is 26.1 Å². The fraction of sp³-hybridized carbons (Fsp3) is 0.583. The number of rotatable bonds is 6. The van der Waals surface area contributed by atoms with Crippen molar-refractivity contribution in [3.8, 4) is 0 Å². The van der Waals surface area contributed by atoms with Crippen molar-refractivity contribution in [3.63, 3.8) is 0 Å². The zero-order valence-corrected chi connectivity index (χ0v) is 12.3. The molecule has 0 aliphatic rings. The molecule has 0 bridgehead atoms. The second-order valence-corrected chi connectivity index (χ2v) is 5.84. The molecule has 0 spiro atoms. The minimum absolute atomic E-state index is 0.251. The van der Waals surface area contributed by atoms with E-state index in [4.69, 9.17) is 0 Å². The van der Waals surface area contributed by atoms with Gasteiger partial charge < -0.3 is 5.32 Å². The van der Waals surface area contributed by atoms with Gasteiger partial charge in [-0.2, -0.15) is 16.9 Å². The molecular weight excluding hydrogens is 262 g/mol. The summed E-state index contributed by atoms with van der Waals surface area (Å²) in [5, 5.41) is 9.74. The number of aryl methyl sites for hydroxylation is 1. The zero-order valence-electron chi connectivity index (χ0n) is 11.4. The van der Waals surface area contributed by atoms with E-state index >= 15 is 0 Å². The van der Waals surface area contributed by atoms with Crippen molar-refractivity contribution in [1.82, 2.24) is 19.6 Å². The monoisotopic (exact) mass is 281 g/mol. The lowest BCUT2D eigenvalue weighted by Gasteiger charge is -2.14. The average molecular weight is 281 g/mol. The molecule has 0 fully saturated rings. The molecule has 104 valence electrons. The molecule has 2 aromatic rings. The lowest BCUT2D eigenvalue weighted by atomic mass is 10.2. The Kier molecular flexibility index (Phi) is 4.47. The highest BCUT2D eigenvalue weighted by Gasteiger charge is 2.08. The highest BCUT2D eigenvalue weighted by atomic mass is 32.2. The van der Waals surface area contributed by atoms with Gasteiger partial charge in [-0.15, -0.1) is 0 Å². The van der Waals surface area contributed by atoms with E-state index in [0.717, 1.165) is 23.7 Å². The molecule has 1 atom stereocenters. The molecular formula is C12H19N5OS. The molecule has 0 amide bonds. The fourth-order valence-electron chi connectivity index (χ4n) is 1.90. The largest absolute Gasteiger partial charge is 0.367 e. The number of aromatic amines is 1. The van der Waals surface area contributed by atoms with Crippen molar-refractivity contribution in [3.05, 3.63) is 22.4 Å². The maximum absolute atomic E-state index is 11.5. The first-order valence-corrected chi connectivity index (χ1v) is 7.56. The number of anilines is 1. The Bertz CT molecular complexity index is 606. The van der Waals surface area contributed by atoms with E-state index in [9.17, 15) is 4.79 Å². The average Bonchev–Trinajstić information content (AvgIpc) is 2.71. The molecule has 0 radical (unpaired) electrons. The third-order valence-electron chi connectivity index (χ3n) is 2.86. The maximum atomic E-state index is 11.5. The first kappa shape index (κ1) is 13.9. The molecule has 0 saturated heterocycles. The Labute approximate surface area is 116 Å². The number of nitrogens with zero attached hydrogens (tertiary/aromatic N) is 3. The van der Waals surface area contributed by atoms with Crippen molar-refractivity contribution in [2.75, 3.05) is 16.8 Å². The van der Waals surface area contributed by atoms with E-state index in [1.807, 2.05) is 11.8 Å². The summed E-state index contributed by atoms with van der Waals surface area (Å²) in [6, 6.07) is 2.13. The van der Waals surface area contributed by atoms with E-state index in [-0.39, 0.29) is 5.69 Å². The van der Waals surface area contributed by atoms with Crippen LogP contribution in [-0.2, 0) is 0 Å². The smallest absolute Gasteiger partial charge is 0.349 e. The third kappa shape index (κ3) is 3.28. The molecule has 2 aromatic heterocycles. The van der Waals surface area contributed by atoms with Crippen LogP contribution >= 0.6 is 11.8 Å². The number of aromatic nitrogens is 4. The van der Waals surface area contributed by atoms with Gasteiger partial charge >= 0.3 is 5.69 Å². The van der Waals surface area contributed by atoms with E-state index < -0.39 is 0 Å². The van der Waals surface area contributed by atoms with E-state index in [0.29, 0.717) is 17.5 Å². The van der Waals surface area contributed by atoms with Crippen LogP contribution in [0.2, 0.25) is 0 Å². The van der Waals surface area contributed by atoms with E-state index in [1.165, 1.54) is 4.40 Å². The number of nitrogens with one attached hydrogen (secondary N) is 2. The van der Waals surface area contributed by atoms with Crippen LogP contribution < -0.4 is 11.0 Å². The van der Waals surface area contributed by atoms with E-state index in [2.05, 4.69) is 34.3 Å². The minimum Gasteiger partial charge on any atom is -0.367 e. The second kappa shape index (κ2) is 6.10. The SMILES string of the molecule is CCSCCC(C)Nc1cc2n[nH]c(=O)n2c(C)n1. The lowest BCUT2D eigenvalue weighted by Crippen LogP contribution is -2.19. The molecule has 7 heteroatoms. The van der Waals surface area contributed by atoms with Crippen LogP contribution in [0.3, 0.4) is 0 Å². The van der Waals surface area contributed by atoms with Crippen molar-refractivity contribution < 1.29 is 0 Å². The molecule has 6 nitrogen and oxygen atoms in total. The number of hydrogen-bond acceptors (Lipinski definition) is 5. The molecule has 0 aliphatic carbocycles. The topological polar surface area (TPSA) is 75.1 Å². The summed E-state index contributed by atoms with van der Waals surface area (Å²) >= 11 is 1.93. The number of H-pyrrole nitrogens is 1. The van der Waals surface area contributed by atoms with Gasteiger partial charge in [0.25, 0.3) is 0 Å². The highest BCUT2D eigenvalue weighted by molar-refractivity contribution is 7.99. The normalized spacial score (nSPS) is 12.8. The molecule has 2 rings (SSSR count). The summed E-state index contributed by atoms with van der Waals surface area (Å²) in [5.41, 5.74) is 0.342. The molecule has 2 heterocycles. The molecule has 0 saturated carbocycles. The Hall–Kier alpha value is -1.50. The van der Waals surface area contributed by atoms with Crippen LogP contribution in [0.4, 0.5) is 5.82 Å². The molecule has 19 heavy (non-hydrogen) atoms. The van der Waals surface area contributed by atoms with Gasteiger partial charge in [-0.1, -0.05) is 6.92 Å². The first-order valence-electron chi connectivity index (χ1n) is 6.41. The summed E-state index contributed by atoms with van der Waals surface area (Å²) in [5.74, 6) is 3.67. The number of fused-ring (bicyclic) bond motifs is 1. The Balaban J connectivity index is 2.11. The quantitative estimate of drug-likeness (QED) is 0.788. The molecule has 0 aliphatic heterocycles. The van der Waals surface area contributed by atoms with Crippen molar-refractivity contribution in [2.45, 2.75) is 33.2 Å². The van der Waals surface area contributed by atoms with Crippen LogP contribution in [0.5, 0.6) is 0 Å². The van der Waals surface area contributed by atoms with Gasteiger partial charge in [-0.3, -0.25) is 0 Å². The van der Waals surface area contributed by atoms with Crippen molar-refractivity contribution in [1.29, 1.82) is 0 Å². The van der Waals surface area contributed by atoms with Crippen LogP contribution in [0, 0.1) is 6.92 Å². The third-order valence-corrected chi connectivity index (χ3v) is 3.80. The maximum Gasteiger partial charge on any atom is 0.349 e. The summed E-state index contributed by atoms with van der Waals surface area (Å²) in [7, 11) is 0. The van der Waals surface area contributed by atoms with Gasteiger partial charge in [0.15, 0.2) is 5.65 Å². The number of hydrogen-bond donors (Lipinski definition) is 2. The van der Waals surface area contributed by atoms with E-state index in [1.54, 1.807) is 13.0 Å². The molecule has 2 N–H and O–H groups in total. The van der Waals surface area contributed by atoms with Crippen LogP contribution in [0.15, 0.2) is 10.9 Å². The van der Waals surface area contributed by atoms with Gasteiger partial charge in [0.05, 0.1) is 0 Å². The van der Waals surface area contributed by atoms with Gasteiger partial charge in [0.1, 0.15) is 11.6 Å². The van der Waals surface area contributed by atoms with Crippen LogP contribution in [0.25, 0.3) is 5.65 Å². The lowest BCUT2D eigenvalue weighted by molar-refractivity contribution is 0.763. The zero-order chi connectivity index (χ0) is 13.8. The summed E-state index contributed by atoms with van der Waals surface area (Å²) in [6.45, 7) is 6.10. The molecule has 1 unspecified atom stereocenters. The predicted molar refractivity (Wildman–Crippen MR) is 79.0 cm³/mol. The Morgan fingerprint density at radius 3 is 3.11 bits per heavy atom. The first-order chi connectivity index (χ1) is 9.11. The summed E-state index contributed by atoms with van der Waals surface area (Å²) in [4.78, 5) is 15.9. The Morgan fingerprint density at radius 2 is 2.37 bits per heavy atom. The summed E-state index contributed by atoms with van der Waals surface area (Å²) in [6.07, 6.45) is 1.08. The fourth-order valence-corrected chi connectivity index (χ4v) is 2.71. The molecule has 0 aromatic carbocycles. The van der Waals surface area contributed by atoms with Gasteiger partial charge in [0.2, 0.25) is 0 Å². The Morgan fingerprint density at radius 1 is 1.58 bits per heavy atom.